The molecule has 0 saturated heterocycles. The van der Waals surface area contributed by atoms with Gasteiger partial charge in [-0.3, -0.25) is 0 Å². The normalized spacial score (nSPS) is 13.5. The summed E-state index contributed by atoms with van der Waals surface area (Å²) in [5, 5.41) is 8.83. The second kappa shape index (κ2) is 10.5. The molecule has 0 spiro atoms. The van der Waals surface area contributed by atoms with Gasteiger partial charge in [0.05, 0.1) is 31.4 Å². The Morgan fingerprint density at radius 1 is 1.08 bits per heavy atom. The molecule has 15 heteroatoms. The third kappa shape index (κ3) is 6.37. The van der Waals surface area contributed by atoms with Crippen molar-refractivity contribution < 1.29 is 45.0 Å². The number of nitriles is 1. The average Bonchev–Trinajstić information content (AvgIpc) is 3.33. The molecular formula is C21H18F3N2O7PS2. The maximum Gasteiger partial charge on any atom is 0.417 e. The Hall–Kier alpha value is -3.08. The zero-order valence-corrected chi connectivity index (χ0v) is 21.1. The Balaban J connectivity index is 1.75. The maximum absolute atomic E-state index is 13.1. The fourth-order valence-electron chi connectivity index (χ4n) is 2.96. The van der Waals surface area contributed by atoms with E-state index in [-0.39, 0.29) is 4.21 Å². The number of hydrogen-bond donors (Lipinski definition) is 2. The number of methoxy groups -OCH3 is 2. The molecule has 36 heavy (non-hydrogen) atoms. The number of alkyl halides is 3. The Labute approximate surface area is 208 Å². The highest BCUT2D eigenvalue weighted by atomic mass is 32.2. The quantitative estimate of drug-likeness (QED) is 0.355. The Kier molecular flexibility index (Phi) is 8.02. The standard InChI is InChI=1S/C21H18F3N2O7PS2/c1-31-17-6-4-13(9-18(17)32-2)19-7-8-20(35-19)36(29,30)26-12-34(27,28)33-15-5-3-14(11-25)16(10-15)21(22,23)24/h3-10,26H,12H2,1-2H3,(H,27,28). The van der Waals surface area contributed by atoms with E-state index < -0.39 is 47.0 Å². The molecule has 0 radical (unpaired) electrons. The molecule has 0 aliphatic heterocycles. The molecule has 1 heterocycles. The predicted octanol–water partition coefficient (Wildman–Crippen LogP) is 4.82. The summed E-state index contributed by atoms with van der Waals surface area (Å²) in [5.74, 6) is 0.259. The lowest BCUT2D eigenvalue weighted by atomic mass is 10.1. The lowest BCUT2D eigenvalue weighted by molar-refractivity contribution is -0.137. The summed E-state index contributed by atoms with van der Waals surface area (Å²) in [6, 6.07) is 11.3. The van der Waals surface area contributed by atoms with Gasteiger partial charge < -0.3 is 18.9 Å². The van der Waals surface area contributed by atoms with Crippen molar-refractivity contribution in [3.05, 3.63) is 59.7 Å². The van der Waals surface area contributed by atoms with Crippen LogP contribution in [0.25, 0.3) is 10.4 Å². The van der Waals surface area contributed by atoms with E-state index in [1.807, 2.05) is 4.72 Å². The molecule has 192 valence electrons. The van der Waals surface area contributed by atoms with Crippen LogP contribution in [0.4, 0.5) is 13.2 Å². The van der Waals surface area contributed by atoms with E-state index in [1.165, 1.54) is 32.4 Å². The van der Waals surface area contributed by atoms with Gasteiger partial charge in [-0.1, -0.05) is 0 Å². The number of halogens is 3. The monoisotopic (exact) mass is 562 g/mol. The zero-order chi connectivity index (χ0) is 26.7. The SMILES string of the molecule is COc1ccc(-c2ccc(S(=O)(=O)NCP(=O)(O)Oc3ccc(C#N)c(C(F)(F)F)c3)s2)cc1OC. The van der Waals surface area contributed by atoms with Crippen LogP contribution >= 0.6 is 18.9 Å². The first kappa shape index (κ1) is 27.5. The second-order valence-electron chi connectivity index (χ2n) is 7.04. The van der Waals surface area contributed by atoms with Crippen LogP contribution in [0.3, 0.4) is 0 Å². The number of nitrogens with one attached hydrogen (secondary N) is 1. The number of hydrogen-bond acceptors (Lipinski definition) is 8. The van der Waals surface area contributed by atoms with Gasteiger partial charge in [-0.15, -0.1) is 11.3 Å². The first-order valence-corrected chi connectivity index (χ1v) is 13.8. The van der Waals surface area contributed by atoms with Crippen molar-refractivity contribution >= 4 is 29.0 Å². The Bertz CT molecular complexity index is 1470. The number of nitrogens with zero attached hydrogens (tertiary/aromatic N) is 1. The highest BCUT2D eigenvalue weighted by Gasteiger charge is 2.35. The van der Waals surface area contributed by atoms with Gasteiger partial charge in [-0.2, -0.15) is 23.2 Å². The lowest BCUT2D eigenvalue weighted by Crippen LogP contribution is -2.25. The summed E-state index contributed by atoms with van der Waals surface area (Å²) in [5.41, 5.74) is -1.42. The minimum absolute atomic E-state index is 0.176. The fraction of sp³-hybridized carbons (Fsp3) is 0.190. The van der Waals surface area contributed by atoms with Crippen LogP contribution < -0.4 is 18.7 Å². The molecular weight excluding hydrogens is 544 g/mol. The van der Waals surface area contributed by atoms with Crippen LogP contribution in [0.15, 0.2) is 52.7 Å². The van der Waals surface area contributed by atoms with Gasteiger partial charge in [0.25, 0.3) is 10.0 Å². The Morgan fingerprint density at radius 2 is 1.78 bits per heavy atom. The van der Waals surface area contributed by atoms with Gasteiger partial charge in [-0.05, 0) is 54.1 Å². The molecule has 0 aliphatic rings. The fourth-order valence-corrected chi connectivity index (χ4v) is 6.80. The van der Waals surface area contributed by atoms with Gasteiger partial charge in [0.15, 0.2) is 11.5 Å². The van der Waals surface area contributed by atoms with E-state index in [0.717, 1.165) is 23.5 Å². The molecule has 1 aromatic heterocycles. The Morgan fingerprint density at radius 3 is 2.39 bits per heavy atom. The van der Waals surface area contributed by atoms with Crippen LogP contribution in [0.1, 0.15) is 11.1 Å². The van der Waals surface area contributed by atoms with Crippen LogP contribution in [0.2, 0.25) is 0 Å². The predicted molar refractivity (Wildman–Crippen MR) is 125 cm³/mol. The summed E-state index contributed by atoms with van der Waals surface area (Å²) in [6.45, 7) is 0. The largest absolute Gasteiger partial charge is 0.493 e. The van der Waals surface area contributed by atoms with Gasteiger partial charge >= 0.3 is 13.8 Å². The van der Waals surface area contributed by atoms with Crippen molar-refractivity contribution in [2.75, 3.05) is 20.5 Å². The van der Waals surface area contributed by atoms with Gasteiger partial charge in [0.1, 0.15) is 16.2 Å². The highest BCUT2D eigenvalue weighted by Crippen LogP contribution is 2.44. The summed E-state index contributed by atoms with van der Waals surface area (Å²) in [7, 11) is -6.11. The molecule has 0 bridgehead atoms. The zero-order valence-electron chi connectivity index (χ0n) is 18.6. The molecule has 0 fully saturated rings. The van der Waals surface area contributed by atoms with Crippen LogP contribution in [0, 0.1) is 11.3 Å². The minimum Gasteiger partial charge on any atom is -0.493 e. The molecule has 3 aromatic rings. The second-order valence-corrected chi connectivity index (χ2v) is 11.9. The number of rotatable bonds is 9. The minimum atomic E-state index is -4.91. The van der Waals surface area contributed by atoms with Crippen molar-refractivity contribution in [3.63, 3.8) is 0 Å². The average molecular weight is 562 g/mol. The van der Waals surface area contributed by atoms with E-state index >= 15 is 0 Å². The summed E-state index contributed by atoms with van der Waals surface area (Å²) < 4.78 is 93.9. The van der Waals surface area contributed by atoms with Crippen molar-refractivity contribution in [2.45, 2.75) is 10.4 Å². The van der Waals surface area contributed by atoms with E-state index in [1.54, 1.807) is 18.2 Å². The van der Waals surface area contributed by atoms with Gasteiger partial charge in [0.2, 0.25) is 0 Å². The van der Waals surface area contributed by atoms with Gasteiger partial charge in [0, 0.05) is 4.88 Å². The smallest absolute Gasteiger partial charge is 0.417 e. The van der Waals surface area contributed by atoms with E-state index in [0.29, 0.717) is 28.0 Å². The molecule has 0 saturated carbocycles. The first-order chi connectivity index (χ1) is 16.8. The number of sulfonamides is 1. The molecule has 1 atom stereocenters. The van der Waals surface area contributed by atoms with Crippen molar-refractivity contribution in [1.29, 1.82) is 5.26 Å². The highest BCUT2D eigenvalue weighted by molar-refractivity contribution is 7.92. The first-order valence-electron chi connectivity index (χ1n) is 9.74. The van der Waals surface area contributed by atoms with Crippen molar-refractivity contribution in [2.24, 2.45) is 0 Å². The molecule has 2 N–H and O–H groups in total. The molecule has 1 unspecified atom stereocenters. The topological polar surface area (TPSA) is 135 Å². The molecule has 3 rings (SSSR count). The summed E-state index contributed by atoms with van der Waals surface area (Å²) in [4.78, 5) is 10.6. The molecule has 2 aromatic carbocycles. The van der Waals surface area contributed by atoms with Crippen molar-refractivity contribution in [3.8, 4) is 33.8 Å². The number of thiophene rings is 1. The number of benzene rings is 2. The molecule has 9 nitrogen and oxygen atoms in total. The molecule has 0 amide bonds. The molecule has 0 aliphatic carbocycles. The number of ether oxygens (including phenoxy) is 2. The van der Waals surface area contributed by atoms with E-state index in [9.17, 15) is 31.0 Å². The van der Waals surface area contributed by atoms with Crippen LogP contribution in [0.5, 0.6) is 17.2 Å². The van der Waals surface area contributed by atoms with Gasteiger partial charge in [-0.25, -0.2) is 13.0 Å². The third-order valence-electron chi connectivity index (χ3n) is 4.63. The van der Waals surface area contributed by atoms with E-state index in [2.05, 4.69) is 0 Å². The van der Waals surface area contributed by atoms with Crippen LogP contribution in [-0.2, 0) is 20.8 Å². The maximum atomic E-state index is 13.1. The van der Waals surface area contributed by atoms with Crippen LogP contribution in [-0.4, -0.2) is 33.8 Å². The summed E-state index contributed by atoms with van der Waals surface area (Å²) >= 11 is 0.874. The lowest BCUT2D eigenvalue weighted by Gasteiger charge is -2.16. The summed E-state index contributed by atoms with van der Waals surface area (Å²) in [6.07, 6.45) is -6.02. The third-order valence-corrected chi connectivity index (χ3v) is 8.93. The van der Waals surface area contributed by atoms with Crippen molar-refractivity contribution in [1.82, 2.24) is 4.72 Å². The van der Waals surface area contributed by atoms with E-state index in [4.69, 9.17) is 19.3 Å².